The van der Waals surface area contributed by atoms with E-state index in [0.717, 1.165) is 5.69 Å². The van der Waals surface area contributed by atoms with E-state index in [9.17, 15) is 14.4 Å². The number of rotatable bonds is 4. The van der Waals surface area contributed by atoms with Gasteiger partial charge < -0.3 is 19.4 Å². The van der Waals surface area contributed by atoms with Crippen LogP contribution in [0.2, 0.25) is 0 Å². The predicted molar refractivity (Wildman–Crippen MR) is 89.6 cm³/mol. The van der Waals surface area contributed by atoms with Crippen LogP contribution in [0.25, 0.3) is 0 Å². The zero-order valence-electron chi connectivity index (χ0n) is 14.1. The van der Waals surface area contributed by atoms with Crippen molar-refractivity contribution < 1.29 is 19.1 Å². The van der Waals surface area contributed by atoms with Gasteiger partial charge in [0.05, 0.1) is 6.61 Å². The molecule has 0 spiro atoms. The van der Waals surface area contributed by atoms with Gasteiger partial charge in [-0.15, -0.1) is 0 Å². The molecule has 130 valence electrons. The molecule has 1 fully saturated rings. The van der Waals surface area contributed by atoms with Crippen molar-refractivity contribution >= 4 is 23.6 Å². The van der Waals surface area contributed by atoms with E-state index < -0.39 is 0 Å². The Morgan fingerprint density at radius 3 is 2.21 bits per heavy atom. The number of nitrogens with zero attached hydrogens (tertiary/aromatic N) is 3. The molecule has 1 aromatic rings. The number of hydrogen-bond acceptors (Lipinski definition) is 4. The van der Waals surface area contributed by atoms with E-state index in [-0.39, 0.29) is 24.3 Å². The van der Waals surface area contributed by atoms with Crippen LogP contribution in [0.4, 0.5) is 10.5 Å². The summed E-state index contributed by atoms with van der Waals surface area (Å²) in [5.41, 5.74) is 0.752. The highest BCUT2D eigenvalue weighted by molar-refractivity contribution is 6.04. The van der Waals surface area contributed by atoms with Gasteiger partial charge in [0.25, 0.3) is 0 Å². The molecular weight excluding hydrogens is 310 g/mol. The molecule has 24 heavy (non-hydrogen) atoms. The number of ether oxygens (including phenoxy) is 1. The number of benzene rings is 1. The Morgan fingerprint density at radius 2 is 1.62 bits per heavy atom. The van der Waals surface area contributed by atoms with Gasteiger partial charge in [-0.1, -0.05) is 18.2 Å². The molecule has 0 atom stereocenters. The van der Waals surface area contributed by atoms with E-state index in [1.165, 1.54) is 4.90 Å². The lowest BCUT2D eigenvalue weighted by Gasteiger charge is -2.34. The third kappa shape index (κ3) is 4.47. The van der Waals surface area contributed by atoms with Crippen molar-refractivity contribution in [3.8, 4) is 0 Å². The molecule has 7 heteroatoms. The third-order valence-electron chi connectivity index (χ3n) is 3.98. The van der Waals surface area contributed by atoms with E-state index in [1.54, 1.807) is 23.8 Å². The Hall–Kier alpha value is -2.57. The van der Waals surface area contributed by atoms with Gasteiger partial charge in [-0.05, 0) is 19.1 Å². The van der Waals surface area contributed by atoms with Gasteiger partial charge in [0.2, 0.25) is 11.8 Å². The topological polar surface area (TPSA) is 70.2 Å². The summed E-state index contributed by atoms with van der Waals surface area (Å²) in [5, 5.41) is 0. The van der Waals surface area contributed by atoms with Gasteiger partial charge >= 0.3 is 6.09 Å². The summed E-state index contributed by atoms with van der Waals surface area (Å²) < 4.78 is 4.94. The van der Waals surface area contributed by atoms with Gasteiger partial charge in [-0.25, -0.2) is 4.79 Å². The fourth-order valence-corrected chi connectivity index (χ4v) is 2.51. The smallest absolute Gasteiger partial charge is 0.409 e. The van der Waals surface area contributed by atoms with E-state index in [1.807, 2.05) is 30.3 Å². The van der Waals surface area contributed by atoms with Crippen LogP contribution in [0.5, 0.6) is 0 Å². The fraction of sp³-hybridized carbons (Fsp3) is 0.471. The summed E-state index contributed by atoms with van der Waals surface area (Å²) in [6, 6.07) is 9.20. The number of carbonyl (C=O) groups is 3. The molecule has 3 amide bonds. The van der Waals surface area contributed by atoms with E-state index in [2.05, 4.69) is 0 Å². The maximum absolute atomic E-state index is 12.3. The molecule has 0 saturated carbocycles. The van der Waals surface area contributed by atoms with Crippen LogP contribution in [0.15, 0.2) is 30.3 Å². The molecule has 0 aliphatic carbocycles. The first-order valence-corrected chi connectivity index (χ1v) is 8.04. The highest BCUT2D eigenvalue weighted by Gasteiger charge is 2.26. The second-order valence-corrected chi connectivity index (χ2v) is 5.53. The number of amides is 3. The molecule has 1 aliphatic rings. The molecule has 7 nitrogen and oxygen atoms in total. The highest BCUT2D eigenvalue weighted by atomic mass is 16.6. The van der Waals surface area contributed by atoms with Crippen molar-refractivity contribution in [3.63, 3.8) is 0 Å². The predicted octanol–water partition coefficient (Wildman–Crippen LogP) is 1.34. The Bertz CT molecular complexity index is 583. The van der Waals surface area contributed by atoms with Gasteiger partial charge in [0.1, 0.15) is 6.42 Å². The van der Waals surface area contributed by atoms with Crippen LogP contribution in [-0.4, -0.2) is 67.5 Å². The molecule has 1 saturated heterocycles. The molecule has 0 aromatic heterocycles. The van der Waals surface area contributed by atoms with Crippen LogP contribution < -0.4 is 4.90 Å². The van der Waals surface area contributed by atoms with Gasteiger partial charge in [-0.2, -0.15) is 0 Å². The Morgan fingerprint density at radius 1 is 1.04 bits per heavy atom. The first kappa shape index (κ1) is 17.8. The minimum Gasteiger partial charge on any atom is -0.450 e. The molecule has 0 unspecified atom stereocenters. The number of anilines is 1. The van der Waals surface area contributed by atoms with Crippen LogP contribution in [0.1, 0.15) is 13.3 Å². The lowest BCUT2D eigenvalue weighted by Crippen LogP contribution is -2.51. The minimum absolute atomic E-state index is 0.176. The number of piperazine rings is 1. The Labute approximate surface area is 141 Å². The Balaban J connectivity index is 1.83. The van der Waals surface area contributed by atoms with Gasteiger partial charge in [0.15, 0.2) is 0 Å². The lowest BCUT2D eigenvalue weighted by molar-refractivity contribution is -0.136. The summed E-state index contributed by atoms with van der Waals surface area (Å²) in [4.78, 5) is 40.8. The van der Waals surface area contributed by atoms with Crippen LogP contribution in [0.3, 0.4) is 0 Å². The minimum atomic E-state index is -0.357. The van der Waals surface area contributed by atoms with Crippen LogP contribution >= 0.6 is 0 Å². The summed E-state index contributed by atoms with van der Waals surface area (Å²) in [6.07, 6.45) is -0.533. The highest BCUT2D eigenvalue weighted by Crippen LogP contribution is 2.13. The number of para-hydroxylation sites is 1. The lowest BCUT2D eigenvalue weighted by atomic mass is 10.2. The van der Waals surface area contributed by atoms with Crippen molar-refractivity contribution in [3.05, 3.63) is 30.3 Å². The zero-order chi connectivity index (χ0) is 17.5. The van der Waals surface area contributed by atoms with E-state index in [0.29, 0.717) is 32.8 Å². The summed E-state index contributed by atoms with van der Waals surface area (Å²) in [6.45, 7) is 3.77. The summed E-state index contributed by atoms with van der Waals surface area (Å²) in [5.74, 6) is -0.467. The van der Waals surface area contributed by atoms with Crippen molar-refractivity contribution in [1.29, 1.82) is 0 Å². The maximum atomic E-state index is 12.3. The fourth-order valence-electron chi connectivity index (χ4n) is 2.51. The normalized spacial score (nSPS) is 14.2. The second kappa shape index (κ2) is 8.33. The molecule has 0 bridgehead atoms. The van der Waals surface area contributed by atoms with Crippen LogP contribution in [0, 0.1) is 0 Å². The number of hydrogen-bond donors (Lipinski definition) is 0. The third-order valence-corrected chi connectivity index (χ3v) is 3.98. The van der Waals surface area contributed by atoms with E-state index in [4.69, 9.17) is 4.74 Å². The maximum Gasteiger partial charge on any atom is 0.409 e. The molecule has 1 aromatic carbocycles. The molecule has 0 N–H and O–H groups in total. The first-order valence-electron chi connectivity index (χ1n) is 8.04. The zero-order valence-corrected chi connectivity index (χ0v) is 14.1. The van der Waals surface area contributed by atoms with E-state index >= 15 is 0 Å². The standard InChI is InChI=1S/C17H23N3O4/c1-3-24-17(23)20-11-9-19(10-12-20)16(22)13-15(21)18(2)14-7-5-4-6-8-14/h4-8H,3,9-13H2,1-2H3. The van der Waals surface area contributed by atoms with Crippen LogP contribution in [-0.2, 0) is 14.3 Å². The monoisotopic (exact) mass is 333 g/mol. The average molecular weight is 333 g/mol. The summed E-state index contributed by atoms with van der Waals surface area (Å²) in [7, 11) is 1.66. The van der Waals surface area contributed by atoms with Gasteiger partial charge in [-0.3, -0.25) is 9.59 Å². The van der Waals surface area contributed by atoms with Crippen molar-refractivity contribution in [2.24, 2.45) is 0 Å². The SMILES string of the molecule is CCOC(=O)N1CCN(C(=O)CC(=O)N(C)c2ccccc2)CC1. The Kier molecular flexibility index (Phi) is 6.17. The summed E-state index contributed by atoms with van der Waals surface area (Å²) >= 11 is 0. The largest absolute Gasteiger partial charge is 0.450 e. The molecular formula is C17H23N3O4. The molecule has 1 heterocycles. The molecule has 1 aliphatic heterocycles. The molecule has 2 rings (SSSR count). The van der Waals surface area contributed by atoms with Gasteiger partial charge in [0, 0.05) is 38.9 Å². The van der Waals surface area contributed by atoms with Crippen molar-refractivity contribution in [2.45, 2.75) is 13.3 Å². The molecule has 0 radical (unpaired) electrons. The number of carbonyl (C=O) groups excluding carboxylic acids is 3. The first-order chi connectivity index (χ1) is 11.5. The average Bonchev–Trinajstić information content (AvgIpc) is 2.62. The quantitative estimate of drug-likeness (QED) is 0.780. The van der Waals surface area contributed by atoms with Crippen molar-refractivity contribution in [1.82, 2.24) is 9.80 Å². The van der Waals surface area contributed by atoms with Crippen molar-refractivity contribution in [2.75, 3.05) is 44.7 Å². The second-order valence-electron chi connectivity index (χ2n) is 5.53.